The molecule has 0 bridgehead atoms. The van der Waals surface area contributed by atoms with Gasteiger partial charge in [0, 0.05) is 6.04 Å². The van der Waals surface area contributed by atoms with Crippen molar-refractivity contribution in [2.75, 3.05) is 5.75 Å². The normalized spacial score (nSPS) is 29.7. The molecule has 1 aliphatic heterocycles. The first-order valence-electron chi connectivity index (χ1n) is 5.94. The SMILES string of the molecule is CCC(C)CC(N)C1CCCCS1(=O)=O. The molecule has 0 saturated carbocycles. The Kier molecular flexibility index (Phi) is 4.59. The fourth-order valence-corrected chi connectivity index (χ4v) is 4.32. The molecule has 3 unspecified atom stereocenters. The van der Waals surface area contributed by atoms with Crippen LogP contribution < -0.4 is 5.73 Å². The minimum Gasteiger partial charge on any atom is -0.327 e. The maximum absolute atomic E-state index is 11.8. The molecule has 90 valence electrons. The van der Waals surface area contributed by atoms with Crippen LogP contribution in [-0.2, 0) is 9.84 Å². The summed E-state index contributed by atoms with van der Waals surface area (Å²) in [5.74, 6) is 0.864. The van der Waals surface area contributed by atoms with Crippen LogP contribution in [0.4, 0.5) is 0 Å². The van der Waals surface area contributed by atoms with Gasteiger partial charge in [-0.25, -0.2) is 8.42 Å². The van der Waals surface area contributed by atoms with E-state index in [1.807, 2.05) is 0 Å². The lowest BCUT2D eigenvalue weighted by atomic mass is 9.96. The molecule has 0 radical (unpaired) electrons. The summed E-state index contributed by atoms with van der Waals surface area (Å²) in [6.45, 7) is 4.25. The van der Waals surface area contributed by atoms with Crippen molar-refractivity contribution in [2.45, 2.75) is 57.2 Å². The molecule has 15 heavy (non-hydrogen) atoms. The highest BCUT2D eigenvalue weighted by Gasteiger charge is 2.33. The maximum Gasteiger partial charge on any atom is 0.154 e. The lowest BCUT2D eigenvalue weighted by Crippen LogP contribution is -2.44. The third-order valence-electron chi connectivity index (χ3n) is 3.48. The zero-order valence-corrected chi connectivity index (χ0v) is 10.6. The second-order valence-corrected chi connectivity index (χ2v) is 7.15. The number of sulfone groups is 1. The van der Waals surface area contributed by atoms with Gasteiger partial charge in [-0.1, -0.05) is 26.7 Å². The predicted molar refractivity (Wildman–Crippen MR) is 63.5 cm³/mol. The number of nitrogens with two attached hydrogens (primary N) is 1. The summed E-state index contributed by atoms with van der Waals surface area (Å²) in [7, 11) is -2.90. The van der Waals surface area contributed by atoms with Crippen molar-refractivity contribution in [3.63, 3.8) is 0 Å². The second-order valence-electron chi connectivity index (χ2n) is 4.81. The molecular formula is C11H23NO2S. The van der Waals surface area contributed by atoms with E-state index in [1.165, 1.54) is 0 Å². The van der Waals surface area contributed by atoms with E-state index in [1.54, 1.807) is 0 Å². The highest BCUT2D eigenvalue weighted by Crippen LogP contribution is 2.24. The standard InChI is InChI=1S/C11H23NO2S/c1-3-9(2)8-10(12)11-6-4-5-7-15(11,13)14/h9-11H,3-8,12H2,1-2H3. The third kappa shape index (κ3) is 3.45. The van der Waals surface area contributed by atoms with Crippen LogP contribution in [-0.4, -0.2) is 25.5 Å². The van der Waals surface area contributed by atoms with Gasteiger partial charge in [-0.2, -0.15) is 0 Å². The van der Waals surface area contributed by atoms with E-state index < -0.39 is 9.84 Å². The lowest BCUT2D eigenvalue weighted by molar-refractivity contribution is 0.413. The van der Waals surface area contributed by atoms with Crippen LogP contribution in [0.15, 0.2) is 0 Å². The molecule has 2 N–H and O–H groups in total. The largest absolute Gasteiger partial charge is 0.327 e. The zero-order valence-electron chi connectivity index (χ0n) is 9.78. The molecular weight excluding hydrogens is 210 g/mol. The number of hydrogen-bond donors (Lipinski definition) is 1. The Morgan fingerprint density at radius 1 is 1.40 bits per heavy atom. The Balaban J connectivity index is 2.61. The van der Waals surface area contributed by atoms with Gasteiger partial charge in [0.1, 0.15) is 0 Å². The van der Waals surface area contributed by atoms with Gasteiger partial charge < -0.3 is 5.73 Å². The average Bonchev–Trinajstić information content (AvgIpc) is 2.16. The molecule has 3 nitrogen and oxygen atoms in total. The summed E-state index contributed by atoms with van der Waals surface area (Å²) in [6, 6.07) is -0.162. The van der Waals surface area contributed by atoms with Crippen LogP contribution in [0.5, 0.6) is 0 Å². The highest BCUT2D eigenvalue weighted by molar-refractivity contribution is 7.92. The quantitative estimate of drug-likeness (QED) is 0.804. The van der Waals surface area contributed by atoms with Crippen LogP contribution in [0.25, 0.3) is 0 Å². The van der Waals surface area contributed by atoms with E-state index in [0.717, 1.165) is 32.1 Å². The average molecular weight is 233 g/mol. The van der Waals surface area contributed by atoms with Crippen molar-refractivity contribution in [3.05, 3.63) is 0 Å². The summed E-state index contributed by atoms with van der Waals surface area (Å²) in [5.41, 5.74) is 6.02. The smallest absolute Gasteiger partial charge is 0.154 e. The van der Waals surface area contributed by atoms with Crippen LogP contribution in [0.2, 0.25) is 0 Å². The maximum atomic E-state index is 11.8. The Labute approximate surface area is 93.3 Å². The molecule has 3 atom stereocenters. The van der Waals surface area contributed by atoms with Crippen LogP contribution in [0.3, 0.4) is 0 Å². The minimum absolute atomic E-state index is 0.162. The monoisotopic (exact) mass is 233 g/mol. The molecule has 0 aromatic heterocycles. The Bertz CT molecular complexity index is 287. The van der Waals surface area contributed by atoms with Crippen molar-refractivity contribution in [3.8, 4) is 0 Å². The Hall–Kier alpha value is -0.0900. The van der Waals surface area contributed by atoms with Crippen LogP contribution >= 0.6 is 0 Å². The molecule has 0 spiro atoms. The molecule has 1 rings (SSSR count). The molecule has 0 aliphatic carbocycles. The first kappa shape index (κ1) is 13.0. The molecule has 0 aromatic rings. The van der Waals surface area contributed by atoms with E-state index >= 15 is 0 Å². The van der Waals surface area contributed by atoms with Crippen molar-refractivity contribution >= 4 is 9.84 Å². The van der Waals surface area contributed by atoms with Gasteiger partial charge in [0.05, 0.1) is 11.0 Å². The molecule has 1 aliphatic rings. The Morgan fingerprint density at radius 3 is 2.60 bits per heavy atom. The van der Waals surface area contributed by atoms with Crippen molar-refractivity contribution in [1.82, 2.24) is 0 Å². The van der Waals surface area contributed by atoms with Gasteiger partial charge in [-0.3, -0.25) is 0 Å². The lowest BCUT2D eigenvalue weighted by Gasteiger charge is -2.28. The van der Waals surface area contributed by atoms with Gasteiger partial charge in [0.15, 0.2) is 9.84 Å². The summed E-state index contributed by atoms with van der Waals surface area (Å²) in [4.78, 5) is 0. The third-order valence-corrected chi connectivity index (χ3v) is 5.84. The van der Waals surface area contributed by atoms with Crippen LogP contribution in [0.1, 0.15) is 46.0 Å². The van der Waals surface area contributed by atoms with E-state index in [2.05, 4.69) is 13.8 Å². The van der Waals surface area contributed by atoms with E-state index in [0.29, 0.717) is 11.7 Å². The van der Waals surface area contributed by atoms with Gasteiger partial charge in [-0.15, -0.1) is 0 Å². The van der Waals surface area contributed by atoms with Crippen molar-refractivity contribution in [2.24, 2.45) is 11.7 Å². The van der Waals surface area contributed by atoms with E-state index in [9.17, 15) is 8.42 Å². The molecule has 0 aromatic carbocycles. The Morgan fingerprint density at radius 2 is 2.07 bits per heavy atom. The second kappa shape index (κ2) is 5.30. The van der Waals surface area contributed by atoms with E-state index in [4.69, 9.17) is 5.73 Å². The minimum atomic E-state index is -2.90. The van der Waals surface area contributed by atoms with E-state index in [-0.39, 0.29) is 11.3 Å². The molecule has 0 amide bonds. The van der Waals surface area contributed by atoms with Gasteiger partial charge in [0.25, 0.3) is 0 Å². The molecule has 1 fully saturated rings. The summed E-state index contributed by atoms with van der Waals surface area (Å²) < 4.78 is 23.6. The van der Waals surface area contributed by atoms with Gasteiger partial charge in [0.2, 0.25) is 0 Å². The van der Waals surface area contributed by atoms with Crippen molar-refractivity contribution < 1.29 is 8.42 Å². The zero-order chi connectivity index (χ0) is 11.5. The number of hydrogen-bond acceptors (Lipinski definition) is 3. The number of rotatable bonds is 4. The fourth-order valence-electron chi connectivity index (χ4n) is 2.24. The fraction of sp³-hybridized carbons (Fsp3) is 1.00. The topological polar surface area (TPSA) is 60.2 Å². The first-order valence-corrected chi connectivity index (χ1v) is 7.66. The summed E-state index contributed by atoms with van der Waals surface area (Å²) in [5, 5.41) is -0.278. The molecule has 1 heterocycles. The highest BCUT2D eigenvalue weighted by atomic mass is 32.2. The summed E-state index contributed by atoms with van der Waals surface area (Å²) in [6.07, 6.45) is 4.49. The van der Waals surface area contributed by atoms with Crippen LogP contribution in [0, 0.1) is 5.92 Å². The summed E-state index contributed by atoms with van der Waals surface area (Å²) >= 11 is 0. The molecule has 4 heteroatoms. The molecule has 1 saturated heterocycles. The van der Waals surface area contributed by atoms with Crippen molar-refractivity contribution in [1.29, 1.82) is 0 Å². The predicted octanol–water partition coefficient (Wildman–Crippen LogP) is 1.72. The van der Waals surface area contributed by atoms with Gasteiger partial charge >= 0.3 is 0 Å². The van der Waals surface area contributed by atoms with Gasteiger partial charge in [-0.05, 0) is 25.2 Å². The first-order chi connectivity index (χ1) is 6.97.